The average Bonchev–Trinajstić information content (AvgIpc) is 2.98. The molecule has 1 heterocycles. The summed E-state index contributed by atoms with van der Waals surface area (Å²) in [5, 5.41) is 9.87. The molecule has 0 bridgehead atoms. The molecule has 2 aliphatic rings. The number of halogens is 1. The summed E-state index contributed by atoms with van der Waals surface area (Å²) in [4.78, 5) is 25.6. The maximum Gasteiger partial charge on any atom is 0.332 e. The number of rotatable bonds is 4. The zero-order valence-corrected chi connectivity index (χ0v) is 13.0. The van der Waals surface area contributed by atoms with Gasteiger partial charge in [-0.2, -0.15) is 0 Å². The molecule has 19 heavy (non-hydrogen) atoms. The fourth-order valence-corrected chi connectivity index (χ4v) is 3.36. The van der Waals surface area contributed by atoms with Crippen LogP contribution in [0.25, 0.3) is 0 Å². The van der Waals surface area contributed by atoms with E-state index < -0.39 is 18.1 Å². The molecule has 0 aromatic carbocycles. The molecule has 6 heteroatoms. The van der Waals surface area contributed by atoms with Crippen LogP contribution in [0.3, 0.4) is 0 Å². The van der Waals surface area contributed by atoms with Gasteiger partial charge in [0.15, 0.2) is 6.04 Å². The maximum atomic E-state index is 12.3. The predicted molar refractivity (Wildman–Crippen MR) is 77.7 cm³/mol. The van der Waals surface area contributed by atoms with Gasteiger partial charge < -0.3 is 14.7 Å². The molecule has 2 fully saturated rings. The topological polar surface area (TPSA) is 66.8 Å². The molecule has 1 saturated heterocycles. The van der Waals surface area contributed by atoms with Gasteiger partial charge in [-0.15, -0.1) is 0 Å². The fourth-order valence-electron chi connectivity index (χ4n) is 3.06. The molecule has 108 valence electrons. The van der Waals surface area contributed by atoms with E-state index in [1.807, 2.05) is 22.6 Å². The Morgan fingerprint density at radius 1 is 1.26 bits per heavy atom. The van der Waals surface area contributed by atoms with Crippen molar-refractivity contribution in [1.82, 2.24) is 4.90 Å². The number of hydrogen-bond donors (Lipinski definition) is 1. The fraction of sp³-hybridized carbons (Fsp3) is 0.846. The zero-order chi connectivity index (χ0) is 13.8. The Kier molecular flexibility index (Phi) is 5.44. The van der Waals surface area contributed by atoms with Gasteiger partial charge in [-0.3, -0.25) is 4.79 Å². The van der Waals surface area contributed by atoms with E-state index in [-0.39, 0.29) is 10.5 Å². The maximum absolute atomic E-state index is 12.3. The third kappa shape index (κ3) is 3.59. The van der Waals surface area contributed by atoms with Crippen molar-refractivity contribution in [3.63, 3.8) is 0 Å². The molecule has 0 aromatic rings. The molecule has 1 saturated carbocycles. The third-order valence-corrected chi connectivity index (χ3v) is 4.37. The van der Waals surface area contributed by atoms with Gasteiger partial charge in [0.05, 0.1) is 6.10 Å². The van der Waals surface area contributed by atoms with E-state index in [0.29, 0.717) is 25.3 Å². The van der Waals surface area contributed by atoms with Crippen LogP contribution in [-0.4, -0.2) is 45.2 Å². The lowest BCUT2D eigenvalue weighted by molar-refractivity contribution is -0.154. The first kappa shape index (κ1) is 15.0. The number of esters is 1. The molecule has 2 atom stereocenters. The minimum Gasteiger partial charge on any atom is -0.453 e. The van der Waals surface area contributed by atoms with Crippen molar-refractivity contribution in [2.24, 2.45) is 5.92 Å². The van der Waals surface area contributed by atoms with E-state index in [4.69, 9.17) is 4.74 Å². The first-order chi connectivity index (χ1) is 9.13. The van der Waals surface area contributed by atoms with E-state index in [1.54, 1.807) is 0 Å². The van der Waals surface area contributed by atoms with Crippen molar-refractivity contribution in [2.45, 2.75) is 50.7 Å². The quantitative estimate of drug-likeness (QED) is 0.455. The smallest absolute Gasteiger partial charge is 0.332 e. The highest BCUT2D eigenvalue weighted by Crippen LogP contribution is 2.29. The molecular formula is C13H20INO4. The molecule has 1 aliphatic heterocycles. The summed E-state index contributed by atoms with van der Waals surface area (Å²) >= 11 is 1.93. The lowest BCUT2D eigenvalue weighted by Gasteiger charge is -2.25. The van der Waals surface area contributed by atoms with E-state index in [0.717, 1.165) is 12.8 Å². The van der Waals surface area contributed by atoms with Gasteiger partial charge >= 0.3 is 5.97 Å². The number of amides is 1. The van der Waals surface area contributed by atoms with Crippen LogP contribution in [0.5, 0.6) is 0 Å². The standard InChI is InChI=1S/C13H20INO4/c14-8-19-13(18)12-10(16)5-6-15(12)11(17)7-9-3-1-2-4-9/h9-10,12,16H,1-8H2/t10-,12+/m1/s1. The molecule has 1 N–H and O–H groups in total. The molecule has 5 nitrogen and oxygen atoms in total. The van der Waals surface area contributed by atoms with Gasteiger partial charge in [-0.05, 0) is 47.8 Å². The highest BCUT2D eigenvalue weighted by atomic mass is 127. The van der Waals surface area contributed by atoms with Crippen molar-refractivity contribution in [3.05, 3.63) is 0 Å². The van der Waals surface area contributed by atoms with E-state index in [2.05, 4.69) is 0 Å². The monoisotopic (exact) mass is 381 g/mol. The third-order valence-electron chi connectivity index (χ3n) is 4.06. The Morgan fingerprint density at radius 3 is 2.58 bits per heavy atom. The zero-order valence-electron chi connectivity index (χ0n) is 10.9. The van der Waals surface area contributed by atoms with Gasteiger partial charge in [0, 0.05) is 13.0 Å². The lowest BCUT2D eigenvalue weighted by Crippen LogP contribution is -2.46. The van der Waals surface area contributed by atoms with Crippen molar-refractivity contribution in [2.75, 3.05) is 11.2 Å². The van der Waals surface area contributed by atoms with E-state index in [1.165, 1.54) is 17.7 Å². The minimum atomic E-state index is -0.802. The van der Waals surface area contributed by atoms with Gasteiger partial charge in [0.2, 0.25) is 5.91 Å². The molecule has 0 unspecified atom stereocenters. The number of alkyl halides is 1. The van der Waals surface area contributed by atoms with Crippen LogP contribution in [0, 0.1) is 5.92 Å². The van der Waals surface area contributed by atoms with Crippen LogP contribution >= 0.6 is 22.6 Å². The summed E-state index contributed by atoms with van der Waals surface area (Å²) in [6, 6.07) is -0.802. The van der Waals surface area contributed by atoms with Crippen LogP contribution in [0.2, 0.25) is 0 Å². The second-order valence-corrected chi connectivity index (χ2v) is 5.94. The Balaban J connectivity index is 1.96. The largest absolute Gasteiger partial charge is 0.453 e. The Labute approximate surface area is 126 Å². The van der Waals surface area contributed by atoms with E-state index >= 15 is 0 Å². The summed E-state index contributed by atoms with van der Waals surface area (Å²) in [5.74, 6) is -0.0514. The van der Waals surface area contributed by atoms with Gasteiger partial charge in [-0.1, -0.05) is 12.8 Å². The van der Waals surface area contributed by atoms with E-state index in [9.17, 15) is 14.7 Å². The number of aliphatic hydroxyl groups is 1. The predicted octanol–water partition coefficient (Wildman–Crippen LogP) is 1.46. The highest BCUT2D eigenvalue weighted by molar-refractivity contribution is 14.1. The lowest BCUT2D eigenvalue weighted by atomic mass is 10.0. The van der Waals surface area contributed by atoms with Crippen molar-refractivity contribution < 1.29 is 19.4 Å². The molecule has 0 spiro atoms. The Hall–Kier alpha value is -0.370. The summed E-state index contributed by atoms with van der Waals surface area (Å²) in [7, 11) is 0. The number of aliphatic hydroxyl groups excluding tert-OH is 1. The van der Waals surface area contributed by atoms with Crippen LogP contribution in [0.15, 0.2) is 0 Å². The average molecular weight is 381 g/mol. The first-order valence-electron chi connectivity index (χ1n) is 6.83. The summed E-state index contributed by atoms with van der Waals surface area (Å²) in [6.07, 6.45) is 4.76. The summed E-state index contributed by atoms with van der Waals surface area (Å²) in [5.41, 5.74) is 0. The van der Waals surface area contributed by atoms with Crippen LogP contribution < -0.4 is 0 Å². The number of likely N-dealkylation sites (tertiary alicyclic amines) is 1. The molecule has 1 aliphatic carbocycles. The summed E-state index contributed by atoms with van der Waals surface area (Å²) in [6.45, 7) is 0.452. The molecule has 2 rings (SSSR count). The van der Waals surface area contributed by atoms with Crippen molar-refractivity contribution in [1.29, 1.82) is 0 Å². The number of carbonyl (C=O) groups is 2. The normalized spacial score (nSPS) is 27.8. The van der Waals surface area contributed by atoms with Crippen molar-refractivity contribution >= 4 is 34.5 Å². The number of hydrogen-bond acceptors (Lipinski definition) is 4. The van der Waals surface area contributed by atoms with Gasteiger partial charge in [0.1, 0.15) is 4.61 Å². The Bertz CT molecular complexity index is 344. The number of carbonyl (C=O) groups excluding carboxylic acids is 2. The number of ether oxygens (including phenoxy) is 1. The molecule has 1 amide bonds. The highest BCUT2D eigenvalue weighted by Gasteiger charge is 2.42. The first-order valence-corrected chi connectivity index (χ1v) is 8.36. The van der Waals surface area contributed by atoms with Crippen LogP contribution in [0.4, 0.5) is 0 Å². The molecule has 0 radical (unpaired) electrons. The van der Waals surface area contributed by atoms with Gasteiger partial charge in [0.25, 0.3) is 0 Å². The second-order valence-electron chi connectivity index (χ2n) is 5.32. The molecular weight excluding hydrogens is 361 g/mol. The SMILES string of the molecule is O=C(OCI)[C@@H]1[C@H](O)CCN1C(=O)CC1CCCC1. The Morgan fingerprint density at radius 2 is 1.95 bits per heavy atom. The van der Waals surface area contributed by atoms with Crippen LogP contribution in [-0.2, 0) is 14.3 Å². The number of nitrogens with zero attached hydrogens (tertiary/aromatic N) is 1. The van der Waals surface area contributed by atoms with Gasteiger partial charge in [-0.25, -0.2) is 4.79 Å². The second kappa shape index (κ2) is 6.88. The molecule has 0 aromatic heterocycles. The minimum absolute atomic E-state index is 0.0149. The van der Waals surface area contributed by atoms with Crippen molar-refractivity contribution in [3.8, 4) is 0 Å². The van der Waals surface area contributed by atoms with Crippen LogP contribution in [0.1, 0.15) is 38.5 Å². The summed E-state index contributed by atoms with van der Waals surface area (Å²) < 4.78 is 5.18.